The molecule has 3 aromatic heterocycles. The van der Waals surface area contributed by atoms with Crippen molar-refractivity contribution in [3.05, 3.63) is 180 Å². The maximum Gasteiger partial charge on any atom is 0.320 e. The Bertz CT molecular complexity index is 2650. The van der Waals surface area contributed by atoms with Crippen molar-refractivity contribution >= 4 is 29.3 Å². The van der Waals surface area contributed by atoms with Crippen LogP contribution < -0.4 is 20.1 Å². The van der Waals surface area contributed by atoms with E-state index in [4.69, 9.17) is 14.6 Å². The zero-order chi connectivity index (χ0) is 39.9. The Labute approximate surface area is 341 Å². The van der Waals surface area contributed by atoms with Crippen LogP contribution in [0, 0.1) is 0 Å². The molecule has 0 aliphatic carbocycles. The van der Waals surface area contributed by atoms with Gasteiger partial charge in [-0.05, 0) is 59.2 Å². The van der Waals surface area contributed by atoms with Crippen LogP contribution in [0.4, 0.5) is 10.6 Å². The maximum atomic E-state index is 13.5. The van der Waals surface area contributed by atoms with Gasteiger partial charge in [0.15, 0.2) is 11.5 Å². The second kappa shape index (κ2) is 17.1. The van der Waals surface area contributed by atoms with E-state index >= 15 is 0 Å². The number of aromatic nitrogens is 5. The second-order valence-electron chi connectivity index (χ2n) is 14.8. The molecule has 8 aromatic rings. The van der Waals surface area contributed by atoms with Crippen LogP contribution in [0.5, 0.6) is 11.5 Å². The number of carbonyl (C=O) groups is 1. The summed E-state index contributed by atoms with van der Waals surface area (Å²) in [6.07, 6.45) is 2.04. The highest BCUT2D eigenvalue weighted by atomic mass is 32.2. The third-order valence-corrected chi connectivity index (χ3v) is 10.5. The molecular formula is C47H43N7O3S. The van der Waals surface area contributed by atoms with Crippen molar-refractivity contribution in [1.82, 2.24) is 29.7 Å². The number of rotatable bonds is 13. The Morgan fingerprint density at radius 1 is 0.724 bits per heavy atom. The van der Waals surface area contributed by atoms with E-state index < -0.39 is 0 Å². The number of nitrogens with one attached hydrogen (secondary N) is 2. The van der Waals surface area contributed by atoms with E-state index in [1.807, 2.05) is 156 Å². The topological polar surface area (TPSA) is 108 Å². The first-order valence-electron chi connectivity index (χ1n) is 19.1. The Morgan fingerprint density at radius 3 is 2.21 bits per heavy atom. The summed E-state index contributed by atoms with van der Waals surface area (Å²) < 4.78 is 16.1. The fourth-order valence-electron chi connectivity index (χ4n) is 6.32. The minimum Gasteiger partial charge on any atom is -0.489 e. The normalized spacial score (nSPS) is 11.4. The summed E-state index contributed by atoms with van der Waals surface area (Å²) in [5.74, 6) is 2.67. The van der Waals surface area contributed by atoms with Crippen LogP contribution in [0.1, 0.15) is 43.2 Å². The van der Waals surface area contributed by atoms with Crippen molar-refractivity contribution in [1.29, 1.82) is 0 Å². The van der Waals surface area contributed by atoms with Gasteiger partial charge in [-0.1, -0.05) is 130 Å². The Kier molecular flexibility index (Phi) is 11.2. The molecule has 2 N–H and O–H groups in total. The van der Waals surface area contributed by atoms with E-state index in [1.54, 1.807) is 16.4 Å². The van der Waals surface area contributed by atoms with Crippen LogP contribution in [0.15, 0.2) is 168 Å². The van der Waals surface area contributed by atoms with Gasteiger partial charge in [0.25, 0.3) is 0 Å². The number of amides is 2. The molecule has 2 amide bonds. The number of ether oxygens (including phenoxy) is 2. The van der Waals surface area contributed by atoms with Crippen LogP contribution >= 0.6 is 11.8 Å². The molecule has 3 heterocycles. The predicted molar refractivity (Wildman–Crippen MR) is 229 cm³/mol. The monoisotopic (exact) mass is 785 g/mol. The van der Waals surface area contributed by atoms with E-state index in [9.17, 15) is 4.79 Å². The number of pyridine rings is 1. The molecule has 0 aliphatic rings. The molecular weight excluding hydrogens is 743 g/mol. The Balaban J connectivity index is 0.967. The number of nitrogens with zero attached hydrogens (tertiary/aromatic N) is 5. The molecule has 0 unspecified atom stereocenters. The average molecular weight is 786 g/mol. The van der Waals surface area contributed by atoms with E-state index in [1.165, 1.54) is 0 Å². The molecule has 0 fully saturated rings. The smallest absolute Gasteiger partial charge is 0.320 e. The highest BCUT2D eigenvalue weighted by molar-refractivity contribution is 7.99. The minimum absolute atomic E-state index is 0.244. The molecule has 0 saturated carbocycles. The summed E-state index contributed by atoms with van der Waals surface area (Å²) in [6, 6.07) is 49.3. The zero-order valence-corrected chi connectivity index (χ0v) is 33.3. The summed E-state index contributed by atoms with van der Waals surface area (Å²) in [5, 5.41) is 20.0. The van der Waals surface area contributed by atoms with Crippen molar-refractivity contribution in [3.63, 3.8) is 0 Å². The third-order valence-electron chi connectivity index (χ3n) is 9.41. The molecule has 10 nitrogen and oxygen atoms in total. The van der Waals surface area contributed by atoms with E-state index in [0.29, 0.717) is 37.2 Å². The van der Waals surface area contributed by atoms with Crippen LogP contribution in [0.25, 0.3) is 22.7 Å². The van der Waals surface area contributed by atoms with Crippen molar-refractivity contribution in [2.75, 3.05) is 5.32 Å². The molecule has 11 heteroatoms. The Morgan fingerprint density at radius 2 is 1.43 bits per heavy atom. The van der Waals surface area contributed by atoms with Gasteiger partial charge in [0.05, 0.1) is 16.9 Å². The quantitative estimate of drug-likeness (QED) is 0.120. The molecule has 0 saturated heterocycles. The summed E-state index contributed by atoms with van der Waals surface area (Å²) in [4.78, 5) is 15.5. The number of para-hydroxylation sites is 1. The number of fused-ring (bicyclic) bond motifs is 1. The molecule has 0 radical (unpaired) electrons. The van der Waals surface area contributed by atoms with Crippen molar-refractivity contribution in [2.45, 2.75) is 55.7 Å². The highest BCUT2D eigenvalue weighted by Gasteiger charge is 2.22. The highest BCUT2D eigenvalue weighted by Crippen LogP contribution is 2.34. The fraction of sp³-hybridized carbons (Fsp3) is 0.149. The van der Waals surface area contributed by atoms with Crippen molar-refractivity contribution in [3.8, 4) is 28.6 Å². The molecule has 58 heavy (non-hydrogen) atoms. The Hall–Kier alpha value is -6.85. The van der Waals surface area contributed by atoms with Crippen LogP contribution in [-0.2, 0) is 25.2 Å². The number of anilines is 1. The molecule has 8 rings (SSSR count). The lowest BCUT2D eigenvalue weighted by Crippen LogP contribution is -2.29. The summed E-state index contributed by atoms with van der Waals surface area (Å²) in [7, 11) is 0. The van der Waals surface area contributed by atoms with E-state index in [0.717, 1.165) is 54.8 Å². The maximum absolute atomic E-state index is 13.5. The van der Waals surface area contributed by atoms with Gasteiger partial charge in [-0.15, -0.1) is 10.2 Å². The summed E-state index contributed by atoms with van der Waals surface area (Å²) >= 11 is 1.61. The van der Waals surface area contributed by atoms with E-state index in [2.05, 4.69) is 47.7 Å². The van der Waals surface area contributed by atoms with Crippen molar-refractivity contribution in [2.24, 2.45) is 0 Å². The predicted octanol–water partition coefficient (Wildman–Crippen LogP) is 10.5. The van der Waals surface area contributed by atoms with Crippen molar-refractivity contribution < 1.29 is 14.3 Å². The molecule has 0 bridgehead atoms. The van der Waals surface area contributed by atoms with Gasteiger partial charge in [0.1, 0.15) is 30.5 Å². The SMILES string of the molecule is CC(C)(C)c1cc(NC(=O)NCc2ccccc2Sc2ccc3nnc(-c4ccccc4OCc4ccccc4)n3c2)n(-c2cccc(OCc3ccccc3)c2)n1. The van der Waals surface area contributed by atoms with Gasteiger partial charge in [0, 0.05) is 40.1 Å². The third kappa shape index (κ3) is 9.06. The standard InChI is InChI=1S/C47H43N7O3S/c1-47(2,3)42-28-44(54(52-42)36-20-14-21-37(27-36)56-31-33-15-6-4-7-16-33)49-46(55)48-29-35-19-10-13-24-41(35)58-38-25-26-43-50-51-45(53(43)30-38)39-22-11-12-23-40(39)57-32-34-17-8-5-9-18-34/h4-28,30H,29,31-32H2,1-3H3,(H2,48,49,55). The molecule has 0 aliphatic heterocycles. The lowest BCUT2D eigenvalue weighted by Gasteiger charge is -2.14. The first-order valence-corrected chi connectivity index (χ1v) is 19.9. The van der Waals surface area contributed by atoms with Gasteiger partial charge in [0.2, 0.25) is 0 Å². The van der Waals surface area contributed by atoms with Gasteiger partial charge < -0.3 is 14.8 Å². The molecule has 0 atom stereocenters. The zero-order valence-electron chi connectivity index (χ0n) is 32.5. The van der Waals surface area contributed by atoms with Gasteiger partial charge in [-0.25, -0.2) is 9.48 Å². The number of carbonyl (C=O) groups excluding carboxylic acids is 1. The number of hydrogen-bond donors (Lipinski definition) is 2. The van der Waals surface area contributed by atoms with Crippen LogP contribution in [-0.4, -0.2) is 30.4 Å². The largest absolute Gasteiger partial charge is 0.489 e. The minimum atomic E-state index is -0.346. The number of urea groups is 1. The first kappa shape index (κ1) is 38.0. The number of hydrogen-bond acceptors (Lipinski definition) is 7. The summed E-state index contributed by atoms with van der Waals surface area (Å²) in [6.45, 7) is 7.49. The second-order valence-corrected chi connectivity index (χ2v) is 15.9. The van der Waals surface area contributed by atoms with Crippen LogP contribution in [0.2, 0.25) is 0 Å². The first-order chi connectivity index (χ1) is 28.3. The lowest BCUT2D eigenvalue weighted by molar-refractivity contribution is 0.251. The van der Waals surface area contributed by atoms with E-state index in [-0.39, 0.29) is 11.4 Å². The molecule has 0 spiro atoms. The van der Waals surface area contributed by atoms with Crippen LogP contribution in [0.3, 0.4) is 0 Å². The fourth-order valence-corrected chi connectivity index (χ4v) is 7.29. The average Bonchev–Trinajstić information content (AvgIpc) is 3.87. The number of benzene rings is 5. The molecule has 290 valence electrons. The van der Waals surface area contributed by atoms with Gasteiger partial charge in [-0.2, -0.15) is 5.10 Å². The lowest BCUT2D eigenvalue weighted by atomic mass is 9.92. The molecule has 5 aromatic carbocycles. The van der Waals surface area contributed by atoms with Gasteiger partial charge >= 0.3 is 6.03 Å². The van der Waals surface area contributed by atoms with Gasteiger partial charge in [-0.3, -0.25) is 9.72 Å². The summed E-state index contributed by atoms with van der Waals surface area (Å²) in [5.41, 5.74) is 6.08.